The Hall–Kier alpha value is 0.280. The van der Waals surface area contributed by atoms with Crippen molar-refractivity contribution in [1.29, 1.82) is 0 Å². The van der Waals surface area contributed by atoms with Crippen LogP contribution in [-0.2, 0) is 0 Å². The topological polar surface area (TPSA) is 0 Å². The number of rotatable bonds is 1. The molecule has 0 radical (unpaired) electrons. The normalized spacial score (nSPS) is 27.2. The number of hydrogen-bond acceptors (Lipinski definition) is 0. The zero-order valence-corrected chi connectivity index (χ0v) is 9.33. The molecule has 1 aromatic rings. The minimum Gasteiger partial charge on any atom is -0.0884 e. The van der Waals surface area contributed by atoms with Gasteiger partial charge in [0.25, 0.3) is 0 Å². The third-order valence-electron chi connectivity index (χ3n) is 2.08. The van der Waals surface area contributed by atoms with E-state index in [-0.39, 0.29) is 0 Å². The van der Waals surface area contributed by atoms with Gasteiger partial charge in [-0.3, -0.25) is 0 Å². The molecular formula is C9H7BrCl2. The molecule has 1 aliphatic rings. The predicted molar refractivity (Wildman–Crippen MR) is 56.5 cm³/mol. The summed E-state index contributed by atoms with van der Waals surface area (Å²) in [6, 6.07) is 5.65. The fourth-order valence-corrected chi connectivity index (χ4v) is 2.67. The van der Waals surface area contributed by atoms with Crippen LogP contribution in [0.2, 0.25) is 10.0 Å². The summed E-state index contributed by atoms with van der Waals surface area (Å²) < 4.78 is 0. The highest BCUT2D eigenvalue weighted by Gasteiger charge is 2.38. The summed E-state index contributed by atoms with van der Waals surface area (Å²) in [7, 11) is 0. The maximum absolute atomic E-state index is 6.02. The van der Waals surface area contributed by atoms with E-state index >= 15 is 0 Å². The summed E-state index contributed by atoms with van der Waals surface area (Å²) in [5.74, 6) is 0.520. The first kappa shape index (κ1) is 8.86. The summed E-state index contributed by atoms with van der Waals surface area (Å²) in [6.07, 6.45) is 1.14. The van der Waals surface area contributed by atoms with Crippen molar-refractivity contribution in [3.05, 3.63) is 33.8 Å². The van der Waals surface area contributed by atoms with E-state index in [2.05, 4.69) is 15.9 Å². The van der Waals surface area contributed by atoms with E-state index in [0.29, 0.717) is 10.7 Å². The van der Waals surface area contributed by atoms with Crippen molar-refractivity contribution in [2.24, 2.45) is 0 Å². The lowest BCUT2D eigenvalue weighted by Crippen LogP contribution is -1.85. The first-order chi connectivity index (χ1) is 5.70. The second kappa shape index (κ2) is 3.21. The third-order valence-corrected chi connectivity index (χ3v) is 3.75. The molecule has 0 amide bonds. The quantitative estimate of drug-likeness (QED) is 0.667. The molecule has 0 saturated heterocycles. The maximum atomic E-state index is 6.02. The number of halogens is 3. The van der Waals surface area contributed by atoms with Crippen LogP contribution in [0.4, 0.5) is 0 Å². The lowest BCUT2D eigenvalue weighted by atomic mass is 10.1. The lowest BCUT2D eigenvalue weighted by Gasteiger charge is -2.03. The van der Waals surface area contributed by atoms with Crippen LogP contribution in [0, 0.1) is 0 Å². The fraction of sp³-hybridized carbons (Fsp3) is 0.333. The van der Waals surface area contributed by atoms with Crippen molar-refractivity contribution < 1.29 is 0 Å². The van der Waals surface area contributed by atoms with Crippen molar-refractivity contribution in [2.75, 3.05) is 0 Å². The van der Waals surface area contributed by atoms with Gasteiger partial charge in [0.2, 0.25) is 0 Å². The number of alkyl halides is 1. The second-order valence-corrected chi connectivity index (χ2v) is 4.98. The highest BCUT2D eigenvalue weighted by Crippen LogP contribution is 2.50. The van der Waals surface area contributed by atoms with Gasteiger partial charge in [0.05, 0.1) is 0 Å². The van der Waals surface area contributed by atoms with Gasteiger partial charge in [0, 0.05) is 20.8 Å². The van der Waals surface area contributed by atoms with Gasteiger partial charge >= 0.3 is 0 Å². The standard InChI is InChI=1S/C9H7BrCl2/c10-6-4-5(6)9-7(11)2-1-3-8(9)12/h1-3,5-6H,4H2. The van der Waals surface area contributed by atoms with Crippen LogP contribution in [0.1, 0.15) is 17.9 Å². The van der Waals surface area contributed by atoms with Crippen molar-refractivity contribution in [2.45, 2.75) is 17.2 Å². The average molecular weight is 266 g/mol. The molecule has 1 aromatic carbocycles. The Labute approximate surface area is 90.0 Å². The van der Waals surface area contributed by atoms with Crippen LogP contribution in [0.25, 0.3) is 0 Å². The summed E-state index contributed by atoms with van der Waals surface area (Å²) in [5, 5.41) is 1.57. The summed E-state index contributed by atoms with van der Waals surface area (Å²) in [4.78, 5) is 0.565. The van der Waals surface area contributed by atoms with Crippen molar-refractivity contribution >= 4 is 39.1 Å². The Morgan fingerprint density at radius 3 is 2.17 bits per heavy atom. The largest absolute Gasteiger partial charge is 0.0884 e. The van der Waals surface area contributed by atoms with Crippen LogP contribution >= 0.6 is 39.1 Å². The fourth-order valence-electron chi connectivity index (χ4n) is 1.33. The monoisotopic (exact) mass is 264 g/mol. The van der Waals surface area contributed by atoms with Crippen LogP contribution in [0.3, 0.4) is 0 Å². The molecule has 3 heteroatoms. The Morgan fingerprint density at radius 1 is 1.25 bits per heavy atom. The Morgan fingerprint density at radius 2 is 1.75 bits per heavy atom. The van der Waals surface area contributed by atoms with Crippen LogP contribution in [0.5, 0.6) is 0 Å². The molecule has 12 heavy (non-hydrogen) atoms. The molecule has 0 spiro atoms. The summed E-state index contributed by atoms with van der Waals surface area (Å²) in [5.41, 5.74) is 1.10. The first-order valence-corrected chi connectivity index (χ1v) is 5.45. The van der Waals surface area contributed by atoms with Gasteiger partial charge in [0.15, 0.2) is 0 Å². The molecule has 0 nitrogen and oxygen atoms in total. The Balaban J connectivity index is 2.41. The van der Waals surface area contributed by atoms with E-state index in [1.54, 1.807) is 0 Å². The molecule has 2 unspecified atom stereocenters. The van der Waals surface area contributed by atoms with Gasteiger partial charge in [-0.25, -0.2) is 0 Å². The number of hydrogen-bond donors (Lipinski definition) is 0. The van der Waals surface area contributed by atoms with Crippen molar-refractivity contribution in [3.63, 3.8) is 0 Å². The van der Waals surface area contributed by atoms with Gasteiger partial charge in [-0.15, -0.1) is 0 Å². The zero-order chi connectivity index (χ0) is 8.72. The van der Waals surface area contributed by atoms with E-state index in [1.807, 2.05) is 18.2 Å². The smallest absolute Gasteiger partial charge is 0.0456 e. The third kappa shape index (κ3) is 1.50. The molecule has 0 bridgehead atoms. The molecule has 0 aromatic heterocycles. The van der Waals surface area contributed by atoms with Gasteiger partial charge < -0.3 is 0 Å². The highest BCUT2D eigenvalue weighted by molar-refractivity contribution is 9.09. The molecule has 2 rings (SSSR count). The van der Waals surface area contributed by atoms with Crippen molar-refractivity contribution in [1.82, 2.24) is 0 Å². The molecule has 2 atom stereocenters. The minimum absolute atomic E-state index is 0.520. The molecule has 0 N–H and O–H groups in total. The van der Waals surface area contributed by atoms with Crippen LogP contribution < -0.4 is 0 Å². The van der Waals surface area contributed by atoms with Gasteiger partial charge in [-0.05, 0) is 24.1 Å². The van der Waals surface area contributed by atoms with Gasteiger partial charge in [0.1, 0.15) is 0 Å². The predicted octanol–water partition coefficient (Wildman–Crippen LogP) is 4.24. The summed E-state index contributed by atoms with van der Waals surface area (Å²) >= 11 is 15.6. The van der Waals surface area contributed by atoms with Crippen molar-refractivity contribution in [3.8, 4) is 0 Å². The molecule has 0 aliphatic heterocycles. The SMILES string of the molecule is Clc1cccc(Cl)c1C1CC1Br. The minimum atomic E-state index is 0.520. The first-order valence-electron chi connectivity index (χ1n) is 3.78. The second-order valence-electron chi connectivity index (χ2n) is 2.99. The number of benzene rings is 1. The van der Waals surface area contributed by atoms with E-state index < -0.39 is 0 Å². The maximum Gasteiger partial charge on any atom is 0.0456 e. The van der Waals surface area contributed by atoms with Crippen LogP contribution in [0.15, 0.2) is 18.2 Å². The Kier molecular flexibility index (Phi) is 2.37. The highest BCUT2D eigenvalue weighted by atomic mass is 79.9. The summed E-state index contributed by atoms with van der Waals surface area (Å²) in [6.45, 7) is 0. The molecule has 1 fully saturated rings. The van der Waals surface area contributed by atoms with Gasteiger partial charge in [-0.2, -0.15) is 0 Å². The van der Waals surface area contributed by atoms with E-state index in [9.17, 15) is 0 Å². The lowest BCUT2D eigenvalue weighted by molar-refractivity contribution is 1.14. The van der Waals surface area contributed by atoms with Gasteiger partial charge in [-0.1, -0.05) is 45.2 Å². The van der Waals surface area contributed by atoms with E-state index in [4.69, 9.17) is 23.2 Å². The van der Waals surface area contributed by atoms with Crippen LogP contribution in [-0.4, -0.2) is 4.83 Å². The molecule has 64 valence electrons. The molecule has 1 aliphatic carbocycles. The average Bonchev–Trinajstić information content (AvgIpc) is 2.67. The van der Waals surface area contributed by atoms with E-state index in [1.165, 1.54) is 0 Å². The molecule has 0 heterocycles. The Bertz CT molecular complexity index is 291. The van der Waals surface area contributed by atoms with E-state index in [0.717, 1.165) is 22.0 Å². The zero-order valence-electron chi connectivity index (χ0n) is 6.23. The molecular weight excluding hydrogens is 259 g/mol. The molecule has 1 saturated carbocycles.